The standard InChI is InChI=1S/C21H14N2O6/c1-27-16-8-4-14(5-9-16)20-22-18(21(24)29-20)12-17-10-11-19(28-17)13-2-6-15(7-3-13)23(25)26/h2-12H,1H3. The first kappa shape index (κ1) is 18.2. The van der Waals surface area contributed by atoms with E-state index in [2.05, 4.69) is 4.99 Å². The molecule has 0 amide bonds. The molecule has 8 heteroatoms. The molecule has 2 heterocycles. The number of furan rings is 1. The fourth-order valence-electron chi connectivity index (χ4n) is 2.73. The first-order valence-electron chi connectivity index (χ1n) is 8.55. The van der Waals surface area contributed by atoms with Crippen molar-refractivity contribution < 1.29 is 23.6 Å². The number of hydrogen-bond acceptors (Lipinski definition) is 7. The van der Waals surface area contributed by atoms with Crippen molar-refractivity contribution in [2.75, 3.05) is 7.11 Å². The highest BCUT2D eigenvalue weighted by Gasteiger charge is 2.24. The largest absolute Gasteiger partial charge is 0.497 e. The predicted octanol–water partition coefficient (Wildman–Crippen LogP) is 4.21. The van der Waals surface area contributed by atoms with E-state index in [0.717, 1.165) is 0 Å². The number of ether oxygens (including phenoxy) is 2. The van der Waals surface area contributed by atoms with Crippen LogP contribution < -0.4 is 4.74 Å². The Balaban J connectivity index is 1.56. The van der Waals surface area contributed by atoms with Crippen molar-refractivity contribution in [2.24, 2.45) is 4.99 Å². The van der Waals surface area contributed by atoms with Gasteiger partial charge in [0.1, 0.15) is 17.3 Å². The molecular formula is C21H14N2O6. The number of hydrogen-bond donors (Lipinski definition) is 0. The summed E-state index contributed by atoms with van der Waals surface area (Å²) in [4.78, 5) is 26.6. The fourth-order valence-corrected chi connectivity index (χ4v) is 2.73. The normalized spacial score (nSPS) is 14.6. The second kappa shape index (κ2) is 7.43. The molecule has 0 aliphatic carbocycles. The molecule has 1 aliphatic heterocycles. The summed E-state index contributed by atoms with van der Waals surface area (Å²) in [5.41, 5.74) is 1.43. The average Bonchev–Trinajstić information content (AvgIpc) is 3.35. The molecule has 8 nitrogen and oxygen atoms in total. The molecule has 0 spiro atoms. The number of carbonyl (C=O) groups is 1. The first-order chi connectivity index (χ1) is 14.0. The van der Waals surface area contributed by atoms with Gasteiger partial charge in [-0.05, 0) is 48.5 Å². The Morgan fingerprint density at radius 3 is 2.34 bits per heavy atom. The van der Waals surface area contributed by atoms with Gasteiger partial charge in [-0.15, -0.1) is 0 Å². The zero-order chi connectivity index (χ0) is 20.4. The molecule has 0 radical (unpaired) electrons. The minimum atomic E-state index is -0.580. The maximum absolute atomic E-state index is 12.1. The molecule has 144 valence electrons. The minimum absolute atomic E-state index is 0.00301. The zero-order valence-corrected chi connectivity index (χ0v) is 15.2. The van der Waals surface area contributed by atoms with Crippen molar-refractivity contribution >= 4 is 23.6 Å². The molecule has 3 aromatic rings. The fraction of sp³-hybridized carbons (Fsp3) is 0.0476. The molecular weight excluding hydrogens is 376 g/mol. The second-order valence-corrected chi connectivity index (χ2v) is 6.07. The van der Waals surface area contributed by atoms with Gasteiger partial charge in [0.15, 0.2) is 5.70 Å². The third-order valence-corrected chi connectivity index (χ3v) is 4.23. The number of nitrogens with zero attached hydrogens (tertiary/aromatic N) is 2. The zero-order valence-electron chi connectivity index (χ0n) is 15.2. The van der Waals surface area contributed by atoms with Gasteiger partial charge in [-0.2, -0.15) is 0 Å². The Morgan fingerprint density at radius 1 is 1.00 bits per heavy atom. The van der Waals surface area contributed by atoms with Gasteiger partial charge >= 0.3 is 5.97 Å². The first-order valence-corrected chi connectivity index (χ1v) is 8.55. The summed E-state index contributed by atoms with van der Waals surface area (Å²) in [7, 11) is 1.57. The van der Waals surface area contributed by atoms with Crippen LogP contribution in [0.3, 0.4) is 0 Å². The average molecular weight is 390 g/mol. The molecule has 2 aromatic carbocycles. The Kier molecular flexibility index (Phi) is 4.66. The summed E-state index contributed by atoms with van der Waals surface area (Å²) < 4.78 is 16.0. The summed E-state index contributed by atoms with van der Waals surface area (Å²) >= 11 is 0. The van der Waals surface area contributed by atoms with Crippen molar-refractivity contribution in [2.45, 2.75) is 0 Å². The quantitative estimate of drug-likeness (QED) is 0.280. The number of cyclic esters (lactones) is 1. The summed E-state index contributed by atoms with van der Waals surface area (Å²) in [5.74, 6) is 1.22. The molecule has 0 fully saturated rings. The molecule has 1 aliphatic rings. The van der Waals surface area contributed by atoms with E-state index in [9.17, 15) is 14.9 Å². The maximum atomic E-state index is 12.1. The molecule has 0 saturated heterocycles. The van der Waals surface area contributed by atoms with Crippen LogP contribution in [-0.2, 0) is 9.53 Å². The Labute approximate surface area is 164 Å². The highest BCUT2D eigenvalue weighted by Crippen LogP contribution is 2.27. The van der Waals surface area contributed by atoms with E-state index >= 15 is 0 Å². The maximum Gasteiger partial charge on any atom is 0.363 e. The molecule has 0 unspecified atom stereocenters. The smallest absolute Gasteiger partial charge is 0.363 e. The summed E-state index contributed by atoms with van der Waals surface area (Å²) in [6.07, 6.45) is 1.48. The number of carbonyl (C=O) groups excluding carboxylic acids is 1. The number of esters is 1. The number of nitro groups is 1. The van der Waals surface area contributed by atoms with Crippen molar-refractivity contribution in [3.63, 3.8) is 0 Å². The van der Waals surface area contributed by atoms with Gasteiger partial charge in [-0.1, -0.05) is 0 Å². The van der Waals surface area contributed by atoms with Crippen LogP contribution in [0.15, 0.2) is 75.8 Å². The molecule has 0 atom stereocenters. The SMILES string of the molecule is COc1ccc(C2=NC(=Cc3ccc(-c4ccc([N+](=O)[O-])cc4)o3)C(=O)O2)cc1. The number of non-ortho nitro benzene ring substituents is 1. The third-order valence-electron chi connectivity index (χ3n) is 4.23. The second-order valence-electron chi connectivity index (χ2n) is 6.07. The van der Waals surface area contributed by atoms with Gasteiger partial charge < -0.3 is 13.9 Å². The monoisotopic (exact) mass is 390 g/mol. The lowest BCUT2D eigenvalue weighted by atomic mass is 10.1. The number of nitro benzene ring substituents is 1. The van der Waals surface area contributed by atoms with Gasteiger partial charge in [0.05, 0.1) is 12.0 Å². The minimum Gasteiger partial charge on any atom is -0.497 e. The van der Waals surface area contributed by atoms with Crippen LogP contribution >= 0.6 is 0 Å². The molecule has 0 saturated carbocycles. The van der Waals surface area contributed by atoms with Crippen molar-refractivity contribution in [1.82, 2.24) is 0 Å². The van der Waals surface area contributed by atoms with E-state index in [0.29, 0.717) is 28.4 Å². The molecule has 4 rings (SSSR count). The number of benzene rings is 2. The summed E-state index contributed by atoms with van der Waals surface area (Å²) in [5, 5.41) is 10.7. The van der Waals surface area contributed by atoms with Crippen LogP contribution in [0.4, 0.5) is 5.69 Å². The van der Waals surface area contributed by atoms with E-state index < -0.39 is 10.9 Å². The van der Waals surface area contributed by atoms with Crippen molar-refractivity contribution in [3.8, 4) is 17.1 Å². The third kappa shape index (κ3) is 3.77. The van der Waals surface area contributed by atoms with Gasteiger partial charge in [-0.25, -0.2) is 9.79 Å². The van der Waals surface area contributed by atoms with Crippen molar-refractivity contribution in [3.05, 3.63) is 87.8 Å². The van der Waals surface area contributed by atoms with E-state index in [-0.39, 0.29) is 17.3 Å². The Hall–Kier alpha value is -4.20. The predicted molar refractivity (Wildman–Crippen MR) is 104 cm³/mol. The van der Waals surface area contributed by atoms with E-state index in [1.165, 1.54) is 18.2 Å². The van der Waals surface area contributed by atoms with E-state index in [1.807, 2.05) is 0 Å². The lowest BCUT2D eigenvalue weighted by molar-refractivity contribution is -0.384. The molecule has 0 N–H and O–H groups in total. The Bertz CT molecular complexity index is 1140. The van der Waals surface area contributed by atoms with Gasteiger partial charge in [0.2, 0.25) is 5.90 Å². The molecule has 29 heavy (non-hydrogen) atoms. The van der Waals surface area contributed by atoms with E-state index in [4.69, 9.17) is 13.9 Å². The molecule has 1 aromatic heterocycles. The van der Waals surface area contributed by atoms with Crippen LogP contribution in [0.2, 0.25) is 0 Å². The van der Waals surface area contributed by atoms with Crippen LogP contribution in [0.1, 0.15) is 11.3 Å². The van der Waals surface area contributed by atoms with Gasteiger partial charge in [0.25, 0.3) is 5.69 Å². The van der Waals surface area contributed by atoms with Gasteiger partial charge in [0, 0.05) is 29.3 Å². The van der Waals surface area contributed by atoms with E-state index in [1.54, 1.807) is 55.6 Å². The van der Waals surface area contributed by atoms with Gasteiger partial charge in [-0.3, -0.25) is 10.1 Å². The lowest BCUT2D eigenvalue weighted by Crippen LogP contribution is -2.05. The number of methoxy groups -OCH3 is 1. The van der Waals surface area contributed by atoms with Crippen LogP contribution in [0.5, 0.6) is 5.75 Å². The lowest BCUT2D eigenvalue weighted by Gasteiger charge is -2.01. The van der Waals surface area contributed by atoms with Crippen LogP contribution in [0.25, 0.3) is 17.4 Å². The number of rotatable bonds is 5. The number of aliphatic imine (C=N–C) groups is 1. The summed E-state index contributed by atoms with van der Waals surface area (Å²) in [6.45, 7) is 0. The highest BCUT2D eigenvalue weighted by molar-refractivity contribution is 6.12. The topological polar surface area (TPSA) is 104 Å². The summed E-state index contributed by atoms with van der Waals surface area (Å²) in [6, 6.07) is 16.4. The van der Waals surface area contributed by atoms with Crippen LogP contribution in [0, 0.1) is 10.1 Å². The van der Waals surface area contributed by atoms with Crippen LogP contribution in [-0.4, -0.2) is 23.9 Å². The molecule has 0 bridgehead atoms. The van der Waals surface area contributed by atoms with Crippen molar-refractivity contribution in [1.29, 1.82) is 0 Å². The Morgan fingerprint density at radius 2 is 1.69 bits per heavy atom. The highest BCUT2D eigenvalue weighted by atomic mass is 16.6.